The molecule has 1 aliphatic rings. The number of halogens is 1. The van der Waals surface area contributed by atoms with Crippen LogP contribution in [0.3, 0.4) is 0 Å². The second-order valence-electron chi connectivity index (χ2n) is 4.46. The minimum Gasteiger partial charge on any atom is -0.495 e. The topological polar surface area (TPSA) is 41.6 Å². The molecule has 112 valence electrons. The van der Waals surface area contributed by atoms with Crippen molar-refractivity contribution in [3.05, 3.63) is 51.3 Å². The van der Waals surface area contributed by atoms with E-state index in [9.17, 15) is 4.79 Å². The maximum atomic E-state index is 12.5. The van der Waals surface area contributed by atoms with E-state index < -0.39 is 0 Å². The van der Waals surface area contributed by atoms with E-state index in [4.69, 9.17) is 28.6 Å². The highest BCUT2D eigenvalue weighted by molar-refractivity contribution is 7.80. The van der Waals surface area contributed by atoms with E-state index in [0.717, 1.165) is 4.88 Å². The minimum absolute atomic E-state index is 0.209. The average molecular weight is 351 g/mol. The molecule has 1 aromatic heterocycles. The monoisotopic (exact) mass is 350 g/mol. The van der Waals surface area contributed by atoms with Crippen molar-refractivity contribution in [2.45, 2.75) is 0 Å². The number of methoxy groups -OCH3 is 1. The second-order valence-corrected chi connectivity index (χ2v) is 6.24. The summed E-state index contributed by atoms with van der Waals surface area (Å²) in [5, 5.41) is 5.64. The van der Waals surface area contributed by atoms with Crippen molar-refractivity contribution in [2.24, 2.45) is 0 Å². The molecule has 0 aliphatic carbocycles. The first-order chi connectivity index (χ1) is 10.6. The minimum atomic E-state index is -0.209. The first kappa shape index (κ1) is 15.0. The molecule has 22 heavy (non-hydrogen) atoms. The zero-order valence-corrected chi connectivity index (χ0v) is 13.9. The summed E-state index contributed by atoms with van der Waals surface area (Å²) in [4.78, 5) is 14.9. The summed E-state index contributed by atoms with van der Waals surface area (Å²) in [6.07, 6.45) is 1.78. The summed E-state index contributed by atoms with van der Waals surface area (Å²) >= 11 is 12.9. The van der Waals surface area contributed by atoms with Crippen LogP contribution in [-0.4, -0.2) is 18.1 Å². The SMILES string of the molecule is COc1ccc(N2C(=O)C(=Cc3cccs3)NC2=S)cc1Cl. The Morgan fingerprint density at radius 3 is 2.86 bits per heavy atom. The van der Waals surface area contributed by atoms with E-state index in [-0.39, 0.29) is 5.91 Å². The molecule has 0 saturated carbocycles. The van der Waals surface area contributed by atoms with Gasteiger partial charge in [0.2, 0.25) is 0 Å². The molecule has 2 aromatic rings. The van der Waals surface area contributed by atoms with Gasteiger partial charge in [0.15, 0.2) is 5.11 Å². The Hall–Kier alpha value is -1.89. The summed E-state index contributed by atoms with van der Waals surface area (Å²) in [6.45, 7) is 0. The third-order valence-electron chi connectivity index (χ3n) is 3.10. The molecule has 0 atom stereocenters. The van der Waals surface area contributed by atoms with Gasteiger partial charge in [0.05, 0.1) is 17.8 Å². The van der Waals surface area contributed by atoms with Gasteiger partial charge in [-0.3, -0.25) is 9.69 Å². The Bertz CT molecular complexity index is 772. The molecule has 1 N–H and O–H groups in total. The Kier molecular flexibility index (Phi) is 4.15. The van der Waals surface area contributed by atoms with Crippen LogP contribution in [0.15, 0.2) is 41.4 Å². The lowest BCUT2D eigenvalue weighted by Gasteiger charge is -2.15. The fourth-order valence-corrected chi connectivity index (χ4v) is 3.29. The highest BCUT2D eigenvalue weighted by Crippen LogP contribution is 2.31. The molecule has 1 amide bonds. The van der Waals surface area contributed by atoms with Crippen molar-refractivity contribution in [3.63, 3.8) is 0 Å². The van der Waals surface area contributed by atoms with Crippen LogP contribution in [0.4, 0.5) is 5.69 Å². The first-order valence-electron chi connectivity index (χ1n) is 6.34. The number of nitrogens with one attached hydrogen (secondary N) is 1. The van der Waals surface area contributed by atoms with Crippen molar-refractivity contribution >= 4 is 57.9 Å². The van der Waals surface area contributed by atoms with E-state index in [1.165, 1.54) is 12.0 Å². The fraction of sp³-hybridized carbons (Fsp3) is 0.0667. The number of thiocarbonyl (C=S) groups is 1. The van der Waals surface area contributed by atoms with Crippen LogP contribution < -0.4 is 15.0 Å². The number of amides is 1. The van der Waals surface area contributed by atoms with E-state index in [1.807, 2.05) is 17.5 Å². The van der Waals surface area contributed by atoms with Gasteiger partial charge in [-0.05, 0) is 47.9 Å². The van der Waals surface area contributed by atoms with Crippen molar-refractivity contribution in [1.82, 2.24) is 5.32 Å². The molecule has 0 bridgehead atoms. The van der Waals surface area contributed by atoms with Crippen LogP contribution in [0.5, 0.6) is 5.75 Å². The third-order valence-corrected chi connectivity index (χ3v) is 4.50. The molecular weight excluding hydrogens is 340 g/mol. The number of anilines is 1. The summed E-state index contributed by atoms with van der Waals surface area (Å²) in [5.74, 6) is 0.338. The smallest absolute Gasteiger partial charge is 0.281 e. The molecule has 2 heterocycles. The lowest BCUT2D eigenvalue weighted by molar-refractivity contribution is -0.113. The van der Waals surface area contributed by atoms with Gasteiger partial charge in [-0.25, -0.2) is 0 Å². The van der Waals surface area contributed by atoms with Gasteiger partial charge in [-0.2, -0.15) is 0 Å². The number of hydrogen-bond donors (Lipinski definition) is 1. The zero-order valence-electron chi connectivity index (χ0n) is 11.5. The number of benzene rings is 1. The summed E-state index contributed by atoms with van der Waals surface area (Å²) < 4.78 is 5.11. The van der Waals surface area contributed by atoms with E-state index >= 15 is 0 Å². The Morgan fingerprint density at radius 2 is 2.23 bits per heavy atom. The number of thiophene rings is 1. The number of ether oxygens (including phenoxy) is 1. The lowest BCUT2D eigenvalue weighted by atomic mass is 10.2. The van der Waals surface area contributed by atoms with Gasteiger partial charge in [0, 0.05) is 4.88 Å². The molecule has 1 saturated heterocycles. The summed E-state index contributed by atoms with van der Waals surface area (Å²) in [7, 11) is 1.54. The summed E-state index contributed by atoms with van der Waals surface area (Å²) in [5.41, 5.74) is 1.04. The van der Waals surface area contributed by atoms with E-state index in [1.54, 1.807) is 35.6 Å². The lowest BCUT2D eigenvalue weighted by Crippen LogP contribution is -2.30. The molecular formula is C15H11ClN2O2S2. The Morgan fingerprint density at radius 1 is 1.41 bits per heavy atom. The van der Waals surface area contributed by atoms with Crippen molar-refractivity contribution in [2.75, 3.05) is 12.0 Å². The standard InChI is InChI=1S/C15H11ClN2O2S2/c1-20-13-5-4-9(7-11(13)16)18-14(19)12(17-15(18)21)8-10-3-2-6-22-10/h2-8H,1H3,(H,17,21). The molecule has 0 radical (unpaired) electrons. The third kappa shape index (κ3) is 2.72. The van der Waals surface area contributed by atoms with Crippen LogP contribution in [0.2, 0.25) is 5.02 Å². The van der Waals surface area contributed by atoms with Crippen LogP contribution in [0.25, 0.3) is 6.08 Å². The van der Waals surface area contributed by atoms with Gasteiger partial charge in [0.1, 0.15) is 11.4 Å². The van der Waals surface area contributed by atoms with Gasteiger partial charge < -0.3 is 10.1 Å². The second kappa shape index (κ2) is 6.08. The number of carbonyl (C=O) groups excluding carboxylic acids is 1. The van der Waals surface area contributed by atoms with E-state index in [2.05, 4.69) is 5.32 Å². The maximum absolute atomic E-state index is 12.5. The number of rotatable bonds is 3. The predicted octanol–water partition coefficient (Wildman–Crippen LogP) is 3.67. The molecule has 1 aliphatic heterocycles. The number of carbonyl (C=O) groups is 1. The number of nitrogens with zero attached hydrogens (tertiary/aromatic N) is 1. The predicted molar refractivity (Wildman–Crippen MR) is 93.5 cm³/mol. The van der Waals surface area contributed by atoms with Crippen LogP contribution >= 0.6 is 35.2 Å². The molecule has 4 nitrogen and oxygen atoms in total. The fourth-order valence-electron chi connectivity index (χ4n) is 2.08. The van der Waals surface area contributed by atoms with Gasteiger partial charge in [-0.1, -0.05) is 17.7 Å². The summed E-state index contributed by atoms with van der Waals surface area (Å²) in [6, 6.07) is 8.96. The van der Waals surface area contributed by atoms with Crippen molar-refractivity contribution < 1.29 is 9.53 Å². The first-order valence-corrected chi connectivity index (χ1v) is 8.01. The zero-order chi connectivity index (χ0) is 15.7. The molecule has 7 heteroatoms. The largest absolute Gasteiger partial charge is 0.495 e. The molecule has 1 fully saturated rings. The van der Waals surface area contributed by atoms with Crippen LogP contribution in [0.1, 0.15) is 4.88 Å². The normalized spacial score (nSPS) is 16.3. The Balaban J connectivity index is 1.93. The van der Waals surface area contributed by atoms with E-state index in [0.29, 0.717) is 27.3 Å². The van der Waals surface area contributed by atoms with Crippen molar-refractivity contribution in [3.8, 4) is 5.75 Å². The quantitative estimate of drug-likeness (QED) is 0.677. The molecule has 1 aromatic carbocycles. The Labute approximate surface area is 142 Å². The molecule has 3 rings (SSSR count). The van der Waals surface area contributed by atoms with Crippen LogP contribution in [-0.2, 0) is 4.79 Å². The average Bonchev–Trinajstić information content (AvgIpc) is 3.08. The highest BCUT2D eigenvalue weighted by atomic mass is 35.5. The molecule has 0 unspecified atom stereocenters. The van der Waals surface area contributed by atoms with Crippen LogP contribution in [0, 0.1) is 0 Å². The number of hydrogen-bond acceptors (Lipinski definition) is 4. The van der Waals surface area contributed by atoms with Gasteiger partial charge in [0.25, 0.3) is 5.91 Å². The highest BCUT2D eigenvalue weighted by Gasteiger charge is 2.32. The maximum Gasteiger partial charge on any atom is 0.281 e. The van der Waals surface area contributed by atoms with Crippen molar-refractivity contribution in [1.29, 1.82) is 0 Å². The van der Waals surface area contributed by atoms with Gasteiger partial charge >= 0.3 is 0 Å². The van der Waals surface area contributed by atoms with Gasteiger partial charge in [-0.15, -0.1) is 11.3 Å². The molecule has 0 spiro atoms.